The van der Waals surface area contributed by atoms with E-state index in [1.165, 1.54) is 5.56 Å². The molecule has 1 aliphatic heterocycles. The molecule has 0 aliphatic carbocycles. The summed E-state index contributed by atoms with van der Waals surface area (Å²) in [6, 6.07) is 7.82. The van der Waals surface area contributed by atoms with Crippen LogP contribution in [0.5, 0.6) is 0 Å². The van der Waals surface area contributed by atoms with Crippen molar-refractivity contribution < 1.29 is 4.74 Å². The van der Waals surface area contributed by atoms with Gasteiger partial charge in [0.25, 0.3) is 0 Å². The van der Waals surface area contributed by atoms with Gasteiger partial charge in [-0.15, -0.1) is 0 Å². The van der Waals surface area contributed by atoms with E-state index in [0.29, 0.717) is 0 Å². The molecule has 2 rings (SSSR count). The normalized spacial score (nSPS) is 21.3. The quantitative estimate of drug-likeness (QED) is 0.735. The smallest absolute Gasteiger partial charge is 0.159 e. The molecule has 74 valence electrons. The Labute approximate surface area is 96.8 Å². The van der Waals surface area contributed by atoms with E-state index in [9.17, 15) is 0 Å². The number of hydrogen-bond donors (Lipinski definition) is 0. The highest BCUT2D eigenvalue weighted by molar-refractivity contribution is 9.11. The predicted molar refractivity (Wildman–Crippen MR) is 61.5 cm³/mol. The third-order valence-corrected chi connectivity index (χ3v) is 2.99. The van der Waals surface area contributed by atoms with Crippen LogP contribution in [0.3, 0.4) is 0 Å². The molecule has 1 atom stereocenters. The van der Waals surface area contributed by atoms with E-state index < -0.39 is 0 Å². The highest BCUT2D eigenvalue weighted by Gasteiger charge is 2.16. The molecule has 0 fully saturated rings. The summed E-state index contributed by atoms with van der Waals surface area (Å²) < 4.78 is 6.48. The first-order valence-corrected chi connectivity index (χ1v) is 5.70. The lowest BCUT2D eigenvalue weighted by Gasteiger charge is -2.22. The van der Waals surface area contributed by atoms with Gasteiger partial charge < -0.3 is 4.74 Å². The fraction of sp³-hybridized carbons (Fsp3) is 0.273. The Kier molecular flexibility index (Phi) is 3.14. The second-order valence-corrected chi connectivity index (χ2v) is 4.46. The van der Waals surface area contributed by atoms with Crippen LogP contribution in [-0.4, -0.2) is 0 Å². The van der Waals surface area contributed by atoms with Gasteiger partial charge in [0.1, 0.15) is 6.10 Å². The molecule has 0 bridgehead atoms. The number of rotatable bonds is 1. The standard InChI is InChI=1S/C11H10BrClO/c12-11-3-1-2-10(14-11)8-4-6-9(13)7-5-8/h3-7,10H,1-2H2. The Balaban J connectivity index is 2.16. The van der Waals surface area contributed by atoms with Crippen LogP contribution in [0.15, 0.2) is 35.0 Å². The molecule has 0 N–H and O–H groups in total. The van der Waals surface area contributed by atoms with Gasteiger partial charge in [0, 0.05) is 5.02 Å². The molecule has 0 spiro atoms. The molecule has 1 unspecified atom stereocenters. The largest absolute Gasteiger partial charge is 0.479 e. The van der Waals surface area contributed by atoms with Crippen molar-refractivity contribution in [3.8, 4) is 0 Å². The second kappa shape index (κ2) is 4.37. The van der Waals surface area contributed by atoms with Crippen molar-refractivity contribution in [3.05, 3.63) is 45.6 Å². The van der Waals surface area contributed by atoms with Crippen LogP contribution in [0.25, 0.3) is 0 Å². The molecule has 0 saturated carbocycles. The molecule has 0 radical (unpaired) electrons. The Morgan fingerprint density at radius 3 is 2.64 bits per heavy atom. The lowest BCUT2D eigenvalue weighted by atomic mass is 10.0. The van der Waals surface area contributed by atoms with Gasteiger partial charge in [0.2, 0.25) is 0 Å². The topological polar surface area (TPSA) is 9.23 Å². The van der Waals surface area contributed by atoms with E-state index >= 15 is 0 Å². The Morgan fingerprint density at radius 2 is 2.00 bits per heavy atom. The van der Waals surface area contributed by atoms with Crippen LogP contribution in [0.4, 0.5) is 0 Å². The van der Waals surface area contributed by atoms with Crippen molar-refractivity contribution in [2.45, 2.75) is 18.9 Å². The summed E-state index contributed by atoms with van der Waals surface area (Å²) in [4.78, 5) is 0. The zero-order valence-electron chi connectivity index (χ0n) is 7.54. The minimum Gasteiger partial charge on any atom is -0.479 e. The van der Waals surface area contributed by atoms with Gasteiger partial charge in [-0.25, -0.2) is 0 Å². The summed E-state index contributed by atoms with van der Waals surface area (Å²) >= 11 is 9.17. The third kappa shape index (κ3) is 2.31. The third-order valence-electron chi connectivity index (χ3n) is 2.23. The first-order chi connectivity index (χ1) is 6.75. The molecule has 1 nitrogen and oxygen atoms in total. The maximum absolute atomic E-state index is 5.82. The molecule has 1 aliphatic rings. The van der Waals surface area contributed by atoms with Crippen molar-refractivity contribution in [1.82, 2.24) is 0 Å². The molecule has 1 aromatic rings. The average Bonchev–Trinajstić information content (AvgIpc) is 2.19. The summed E-state index contributed by atoms with van der Waals surface area (Å²) in [6.07, 6.45) is 4.28. The summed E-state index contributed by atoms with van der Waals surface area (Å²) in [5, 5.41) is 0.763. The van der Waals surface area contributed by atoms with E-state index in [1.54, 1.807) is 0 Å². The summed E-state index contributed by atoms with van der Waals surface area (Å²) in [6.45, 7) is 0. The first kappa shape index (κ1) is 10.1. The van der Waals surface area contributed by atoms with E-state index in [4.69, 9.17) is 16.3 Å². The molecule has 1 heterocycles. The van der Waals surface area contributed by atoms with Crippen molar-refractivity contribution >= 4 is 27.5 Å². The van der Waals surface area contributed by atoms with Crippen molar-refractivity contribution in [2.24, 2.45) is 0 Å². The minimum atomic E-state index is 0.159. The van der Waals surface area contributed by atoms with E-state index in [0.717, 1.165) is 22.5 Å². The minimum absolute atomic E-state index is 0.159. The summed E-state index contributed by atoms with van der Waals surface area (Å²) in [5.74, 6) is 0. The Hall–Kier alpha value is -0.470. The van der Waals surface area contributed by atoms with E-state index in [2.05, 4.69) is 15.9 Å². The lowest BCUT2D eigenvalue weighted by Crippen LogP contribution is -2.05. The maximum atomic E-state index is 5.82. The maximum Gasteiger partial charge on any atom is 0.159 e. The lowest BCUT2D eigenvalue weighted by molar-refractivity contribution is 0.118. The van der Waals surface area contributed by atoms with E-state index in [1.807, 2.05) is 30.3 Å². The zero-order valence-corrected chi connectivity index (χ0v) is 9.88. The highest BCUT2D eigenvalue weighted by Crippen LogP contribution is 2.32. The average molecular weight is 274 g/mol. The van der Waals surface area contributed by atoms with Crippen LogP contribution in [0.1, 0.15) is 24.5 Å². The van der Waals surface area contributed by atoms with Crippen molar-refractivity contribution in [1.29, 1.82) is 0 Å². The number of benzene rings is 1. The van der Waals surface area contributed by atoms with Gasteiger partial charge >= 0.3 is 0 Å². The fourth-order valence-corrected chi connectivity index (χ4v) is 2.08. The fourth-order valence-electron chi connectivity index (χ4n) is 1.50. The van der Waals surface area contributed by atoms with E-state index in [-0.39, 0.29) is 6.10 Å². The van der Waals surface area contributed by atoms with Gasteiger partial charge in [0.05, 0.1) is 0 Å². The van der Waals surface area contributed by atoms with Crippen LogP contribution >= 0.6 is 27.5 Å². The molecule has 0 aromatic heterocycles. The van der Waals surface area contributed by atoms with Crippen molar-refractivity contribution in [3.63, 3.8) is 0 Å². The summed E-state index contributed by atoms with van der Waals surface area (Å²) in [5.41, 5.74) is 1.18. The number of ether oxygens (including phenoxy) is 1. The van der Waals surface area contributed by atoms with Crippen LogP contribution < -0.4 is 0 Å². The molecule has 3 heteroatoms. The van der Waals surface area contributed by atoms with Gasteiger partial charge in [-0.1, -0.05) is 23.7 Å². The Morgan fingerprint density at radius 1 is 1.29 bits per heavy atom. The van der Waals surface area contributed by atoms with Gasteiger partial charge in [-0.3, -0.25) is 0 Å². The van der Waals surface area contributed by atoms with Gasteiger partial charge in [0.15, 0.2) is 4.67 Å². The Bertz CT molecular complexity index is 345. The van der Waals surface area contributed by atoms with Crippen LogP contribution in [0, 0.1) is 0 Å². The monoisotopic (exact) mass is 272 g/mol. The molecule has 0 amide bonds. The molecule has 0 saturated heterocycles. The number of hydrogen-bond acceptors (Lipinski definition) is 1. The number of allylic oxidation sites excluding steroid dienone is 1. The summed E-state index contributed by atoms with van der Waals surface area (Å²) in [7, 11) is 0. The van der Waals surface area contributed by atoms with Gasteiger partial charge in [-0.2, -0.15) is 0 Å². The molecule has 1 aromatic carbocycles. The molecule has 14 heavy (non-hydrogen) atoms. The number of halogens is 2. The first-order valence-electron chi connectivity index (χ1n) is 4.53. The predicted octanol–water partition coefficient (Wildman–Crippen LogP) is 4.43. The van der Waals surface area contributed by atoms with Gasteiger partial charge in [-0.05, 0) is 52.5 Å². The molecular weight excluding hydrogens is 263 g/mol. The SMILES string of the molecule is Clc1ccc(C2CCC=C(Br)O2)cc1. The van der Waals surface area contributed by atoms with Crippen LogP contribution in [-0.2, 0) is 4.74 Å². The molecular formula is C11H10BrClO. The van der Waals surface area contributed by atoms with Crippen molar-refractivity contribution in [2.75, 3.05) is 0 Å². The second-order valence-electron chi connectivity index (χ2n) is 3.24. The highest BCUT2D eigenvalue weighted by atomic mass is 79.9. The zero-order chi connectivity index (χ0) is 9.97. The van der Waals surface area contributed by atoms with Crippen LogP contribution in [0.2, 0.25) is 5.02 Å².